The highest BCUT2D eigenvalue weighted by molar-refractivity contribution is 7.92. The van der Waals surface area contributed by atoms with Crippen molar-refractivity contribution in [3.63, 3.8) is 0 Å². The zero-order valence-corrected chi connectivity index (χ0v) is 17.0. The Balaban J connectivity index is 1.54. The summed E-state index contributed by atoms with van der Waals surface area (Å²) in [5.74, 6) is -0.456. The predicted molar refractivity (Wildman–Crippen MR) is 112 cm³/mol. The highest BCUT2D eigenvalue weighted by Gasteiger charge is 2.16. The van der Waals surface area contributed by atoms with Gasteiger partial charge in [0.05, 0.1) is 22.1 Å². The van der Waals surface area contributed by atoms with Gasteiger partial charge < -0.3 is 4.52 Å². The molecule has 9 heteroatoms. The number of rotatable bonds is 5. The molecule has 0 spiro atoms. The SMILES string of the molecule is Cc1ccc(S(=O)(=O)Nc2ccc(-c3noc(-c4ccc(C#N)cc4F)n3)cc2)cc1. The van der Waals surface area contributed by atoms with E-state index < -0.39 is 15.8 Å². The molecule has 154 valence electrons. The summed E-state index contributed by atoms with van der Waals surface area (Å²) < 4.78 is 46.8. The number of nitriles is 1. The molecule has 1 heterocycles. The van der Waals surface area contributed by atoms with Gasteiger partial charge in [0, 0.05) is 11.3 Å². The van der Waals surface area contributed by atoms with Crippen molar-refractivity contribution in [1.82, 2.24) is 10.1 Å². The zero-order valence-electron chi connectivity index (χ0n) is 16.2. The average molecular weight is 434 g/mol. The number of aromatic nitrogens is 2. The Morgan fingerprint density at radius 1 is 1.03 bits per heavy atom. The van der Waals surface area contributed by atoms with Crippen molar-refractivity contribution in [2.24, 2.45) is 0 Å². The molecule has 0 amide bonds. The molecule has 0 unspecified atom stereocenters. The van der Waals surface area contributed by atoms with Crippen LogP contribution in [0.5, 0.6) is 0 Å². The first-order chi connectivity index (χ1) is 14.9. The van der Waals surface area contributed by atoms with Crippen molar-refractivity contribution < 1.29 is 17.3 Å². The minimum atomic E-state index is -3.71. The first kappa shape index (κ1) is 20.3. The lowest BCUT2D eigenvalue weighted by Crippen LogP contribution is -2.12. The maximum atomic E-state index is 14.2. The van der Waals surface area contributed by atoms with Gasteiger partial charge in [0.15, 0.2) is 0 Å². The van der Waals surface area contributed by atoms with Gasteiger partial charge in [-0.2, -0.15) is 10.2 Å². The third kappa shape index (κ3) is 4.29. The molecule has 0 radical (unpaired) electrons. The summed E-state index contributed by atoms with van der Waals surface area (Å²) in [6.07, 6.45) is 0. The number of anilines is 1. The summed E-state index contributed by atoms with van der Waals surface area (Å²) >= 11 is 0. The van der Waals surface area contributed by atoms with E-state index in [9.17, 15) is 12.8 Å². The number of hydrogen-bond donors (Lipinski definition) is 1. The fraction of sp³-hybridized carbons (Fsp3) is 0.0455. The molecule has 0 bridgehead atoms. The molecule has 7 nitrogen and oxygen atoms in total. The molecule has 4 aromatic rings. The molecular weight excluding hydrogens is 419 g/mol. The molecule has 0 aliphatic heterocycles. The third-order valence-electron chi connectivity index (χ3n) is 4.48. The number of nitrogens with one attached hydrogen (secondary N) is 1. The van der Waals surface area contributed by atoms with E-state index in [1.807, 2.05) is 13.0 Å². The number of sulfonamides is 1. The zero-order chi connectivity index (χ0) is 22.0. The first-order valence-corrected chi connectivity index (χ1v) is 10.6. The number of aryl methyl sites for hydroxylation is 1. The minimum Gasteiger partial charge on any atom is -0.334 e. The van der Waals surface area contributed by atoms with E-state index in [1.165, 1.54) is 24.3 Å². The van der Waals surface area contributed by atoms with Crippen LogP contribution in [-0.4, -0.2) is 18.6 Å². The Hall–Kier alpha value is -4.03. The Morgan fingerprint density at radius 3 is 2.39 bits per heavy atom. The summed E-state index contributed by atoms with van der Waals surface area (Å²) in [6, 6.07) is 18.7. The molecule has 0 fully saturated rings. The highest BCUT2D eigenvalue weighted by atomic mass is 32.2. The van der Waals surface area contributed by atoms with Crippen LogP contribution in [0.3, 0.4) is 0 Å². The summed E-state index contributed by atoms with van der Waals surface area (Å²) in [6.45, 7) is 1.88. The molecule has 1 aromatic heterocycles. The summed E-state index contributed by atoms with van der Waals surface area (Å²) in [5.41, 5.74) is 2.15. The van der Waals surface area contributed by atoms with Crippen LogP contribution in [0.15, 0.2) is 76.1 Å². The van der Waals surface area contributed by atoms with Gasteiger partial charge in [0.25, 0.3) is 15.9 Å². The quantitative estimate of drug-likeness (QED) is 0.495. The van der Waals surface area contributed by atoms with Crippen LogP contribution >= 0.6 is 0 Å². The standard InChI is InChI=1S/C22H15FN4O3S/c1-14-2-9-18(10-3-14)31(28,29)27-17-7-5-16(6-8-17)21-25-22(30-26-21)19-11-4-15(13-24)12-20(19)23/h2-12,27H,1H3. The van der Waals surface area contributed by atoms with Crippen LogP contribution in [0, 0.1) is 24.1 Å². The molecule has 4 rings (SSSR count). The maximum Gasteiger partial charge on any atom is 0.261 e. The van der Waals surface area contributed by atoms with Gasteiger partial charge >= 0.3 is 0 Å². The van der Waals surface area contributed by atoms with Crippen LogP contribution in [0.25, 0.3) is 22.8 Å². The highest BCUT2D eigenvalue weighted by Crippen LogP contribution is 2.26. The molecule has 0 saturated carbocycles. The molecule has 3 aromatic carbocycles. The van der Waals surface area contributed by atoms with Crippen LogP contribution in [0.4, 0.5) is 10.1 Å². The van der Waals surface area contributed by atoms with Gasteiger partial charge in [-0.05, 0) is 61.5 Å². The van der Waals surface area contributed by atoms with Gasteiger partial charge in [-0.15, -0.1) is 0 Å². The van der Waals surface area contributed by atoms with Crippen molar-refractivity contribution in [2.75, 3.05) is 4.72 Å². The van der Waals surface area contributed by atoms with Gasteiger partial charge in [-0.25, -0.2) is 12.8 Å². The van der Waals surface area contributed by atoms with Crippen LogP contribution in [-0.2, 0) is 10.0 Å². The molecule has 1 N–H and O–H groups in total. The Labute approximate surface area is 177 Å². The molecule has 0 saturated heterocycles. The third-order valence-corrected chi connectivity index (χ3v) is 5.88. The minimum absolute atomic E-state index is 0.0267. The lowest BCUT2D eigenvalue weighted by Gasteiger charge is -2.08. The van der Waals surface area contributed by atoms with Crippen LogP contribution in [0.2, 0.25) is 0 Å². The van der Waals surface area contributed by atoms with Crippen molar-refractivity contribution in [2.45, 2.75) is 11.8 Å². The second-order valence-electron chi connectivity index (χ2n) is 6.73. The van der Waals surface area contributed by atoms with E-state index in [4.69, 9.17) is 9.78 Å². The predicted octanol–water partition coefficient (Wildman–Crippen LogP) is 4.52. The first-order valence-electron chi connectivity index (χ1n) is 9.09. The van der Waals surface area contributed by atoms with Crippen LogP contribution < -0.4 is 4.72 Å². The van der Waals surface area contributed by atoms with Crippen molar-refractivity contribution >= 4 is 15.7 Å². The van der Waals surface area contributed by atoms with E-state index in [1.54, 1.807) is 36.4 Å². The van der Waals surface area contributed by atoms with E-state index in [-0.39, 0.29) is 27.7 Å². The molecule has 0 atom stereocenters. The normalized spacial score (nSPS) is 11.1. The van der Waals surface area contributed by atoms with Gasteiger partial charge in [0.1, 0.15) is 5.82 Å². The average Bonchev–Trinajstić information content (AvgIpc) is 3.24. The smallest absolute Gasteiger partial charge is 0.261 e. The van der Waals surface area contributed by atoms with Crippen molar-refractivity contribution in [3.05, 3.63) is 83.7 Å². The fourth-order valence-electron chi connectivity index (χ4n) is 2.83. The van der Waals surface area contributed by atoms with E-state index in [0.717, 1.165) is 11.6 Å². The van der Waals surface area contributed by atoms with E-state index in [2.05, 4.69) is 14.9 Å². The lowest BCUT2D eigenvalue weighted by atomic mass is 10.1. The van der Waals surface area contributed by atoms with Gasteiger partial charge in [0.2, 0.25) is 5.82 Å². The van der Waals surface area contributed by atoms with Crippen LogP contribution in [0.1, 0.15) is 11.1 Å². The number of nitrogens with zero attached hydrogens (tertiary/aromatic N) is 3. The topological polar surface area (TPSA) is 109 Å². The lowest BCUT2D eigenvalue weighted by molar-refractivity contribution is 0.429. The van der Waals surface area contributed by atoms with Gasteiger partial charge in [-0.3, -0.25) is 4.72 Å². The van der Waals surface area contributed by atoms with Gasteiger partial charge in [-0.1, -0.05) is 22.9 Å². The van der Waals surface area contributed by atoms with Crippen molar-refractivity contribution in [1.29, 1.82) is 5.26 Å². The Kier molecular flexibility index (Phi) is 5.23. The van der Waals surface area contributed by atoms with E-state index in [0.29, 0.717) is 11.3 Å². The summed E-state index contributed by atoms with van der Waals surface area (Å²) in [5, 5.41) is 12.7. The molecule has 0 aliphatic carbocycles. The molecular formula is C22H15FN4O3S. The number of hydrogen-bond acceptors (Lipinski definition) is 6. The fourth-order valence-corrected chi connectivity index (χ4v) is 3.89. The largest absolute Gasteiger partial charge is 0.334 e. The summed E-state index contributed by atoms with van der Waals surface area (Å²) in [4.78, 5) is 4.35. The number of halogens is 1. The number of benzene rings is 3. The second kappa shape index (κ2) is 8.01. The summed E-state index contributed by atoms with van der Waals surface area (Å²) in [7, 11) is -3.71. The molecule has 0 aliphatic rings. The van der Waals surface area contributed by atoms with E-state index >= 15 is 0 Å². The monoisotopic (exact) mass is 434 g/mol. The molecule has 31 heavy (non-hydrogen) atoms. The maximum absolute atomic E-state index is 14.2. The second-order valence-corrected chi connectivity index (χ2v) is 8.41. The van der Waals surface area contributed by atoms with Crippen molar-refractivity contribution in [3.8, 4) is 28.9 Å². The Bertz CT molecular complexity index is 1390. The Morgan fingerprint density at radius 2 is 1.74 bits per heavy atom.